The van der Waals surface area contributed by atoms with E-state index in [2.05, 4.69) is 12.7 Å². The molecule has 2 aliphatic rings. The van der Waals surface area contributed by atoms with Gasteiger partial charge in [0.1, 0.15) is 6.10 Å². The minimum absolute atomic E-state index is 0.253. The fraction of sp³-hybridized carbons (Fsp3) is 0.444. The molecule has 0 N–H and O–H groups in total. The summed E-state index contributed by atoms with van der Waals surface area (Å²) in [6, 6.07) is 3.36. The average Bonchev–Trinajstić information content (AvgIpc) is 3.33. The molecule has 112 valence electrons. The van der Waals surface area contributed by atoms with Gasteiger partial charge in [-0.15, -0.1) is 6.58 Å². The van der Waals surface area contributed by atoms with Gasteiger partial charge in [-0.25, -0.2) is 8.78 Å². The zero-order chi connectivity index (χ0) is 14.8. The van der Waals surface area contributed by atoms with Crippen LogP contribution < -0.4 is 0 Å². The van der Waals surface area contributed by atoms with Crippen molar-refractivity contribution in [3.05, 3.63) is 53.6 Å². The Morgan fingerprint density at radius 3 is 2.71 bits per heavy atom. The van der Waals surface area contributed by atoms with E-state index in [4.69, 9.17) is 4.74 Å². The molecule has 0 amide bonds. The highest BCUT2D eigenvalue weighted by Crippen LogP contribution is 2.37. The van der Waals surface area contributed by atoms with E-state index in [1.165, 1.54) is 0 Å². The number of benzene rings is 1. The van der Waals surface area contributed by atoms with Gasteiger partial charge < -0.3 is 4.74 Å². The summed E-state index contributed by atoms with van der Waals surface area (Å²) < 4.78 is 33.3. The van der Waals surface area contributed by atoms with E-state index in [9.17, 15) is 8.78 Å². The van der Waals surface area contributed by atoms with Gasteiger partial charge in [-0.1, -0.05) is 24.3 Å². The Morgan fingerprint density at radius 1 is 1.29 bits per heavy atom. The van der Waals surface area contributed by atoms with Crippen LogP contribution >= 0.6 is 0 Å². The van der Waals surface area contributed by atoms with Crippen molar-refractivity contribution in [3.8, 4) is 0 Å². The molecule has 0 bridgehead atoms. The van der Waals surface area contributed by atoms with E-state index in [0.29, 0.717) is 23.7 Å². The Hall–Kier alpha value is -1.48. The lowest BCUT2D eigenvalue weighted by Crippen LogP contribution is -2.07. The van der Waals surface area contributed by atoms with Crippen molar-refractivity contribution in [3.63, 3.8) is 0 Å². The number of hydrogen-bond acceptors (Lipinski definition) is 1. The summed E-state index contributed by atoms with van der Waals surface area (Å²) in [5, 5.41) is 0. The van der Waals surface area contributed by atoms with Gasteiger partial charge in [0.05, 0.1) is 6.61 Å². The lowest BCUT2D eigenvalue weighted by Gasteiger charge is -2.22. The monoisotopic (exact) mass is 290 g/mol. The van der Waals surface area contributed by atoms with Crippen LogP contribution in [-0.4, -0.2) is 6.61 Å². The van der Waals surface area contributed by atoms with Crippen molar-refractivity contribution in [1.29, 1.82) is 0 Å². The van der Waals surface area contributed by atoms with Gasteiger partial charge in [-0.05, 0) is 43.6 Å². The van der Waals surface area contributed by atoms with Crippen LogP contribution in [0.25, 0.3) is 5.57 Å². The standard InChI is InChI=1S/C18H20F2O/c1-2-3-4-12-5-7-13(8-6-12)14-9-10-15(16-11-21-16)18(20)17(14)19/h2,7,9-10,12,16H,1,3-6,8,11H2. The zero-order valence-corrected chi connectivity index (χ0v) is 12.1. The Balaban J connectivity index is 1.77. The molecule has 1 nitrogen and oxygen atoms in total. The maximum Gasteiger partial charge on any atom is 0.166 e. The van der Waals surface area contributed by atoms with Gasteiger partial charge in [-0.2, -0.15) is 0 Å². The van der Waals surface area contributed by atoms with Crippen molar-refractivity contribution in [2.75, 3.05) is 6.61 Å². The molecular weight excluding hydrogens is 270 g/mol. The van der Waals surface area contributed by atoms with E-state index in [0.717, 1.165) is 37.7 Å². The van der Waals surface area contributed by atoms with Crippen LogP contribution in [0.4, 0.5) is 8.78 Å². The van der Waals surface area contributed by atoms with Gasteiger partial charge >= 0.3 is 0 Å². The fourth-order valence-electron chi connectivity index (χ4n) is 3.04. The third-order valence-electron chi connectivity index (χ3n) is 4.44. The van der Waals surface area contributed by atoms with E-state index in [1.54, 1.807) is 12.1 Å². The first-order valence-corrected chi connectivity index (χ1v) is 7.60. The third kappa shape index (κ3) is 3.08. The van der Waals surface area contributed by atoms with Crippen LogP contribution in [0.3, 0.4) is 0 Å². The number of halogens is 2. The second-order valence-corrected chi connectivity index (χ2v) is 5.89. The first-order chi connectivity index (χ1) is 10.2. The molecule has 1 aromatic rings. The largest absolute Gasteiger partial charge is 0.368 e. The van der Waals surface area contributed by atoms with Crippen LogP contribution in [0.1, 0.15) is 49.3 Å². The second-order valence-electron chi connectivity index (χ2n) is 5.89. The SMILES string of the molecule is C=CCCC1CC=C(c2ccc(C3CO3)c(F)c2F)CC1. The highest BCUT2D eigenvalue weighted by Gasteiger charge is 2.30. The summed E-state index contributed by atoms with van der Waals surface area (Å²) in [6.45, 7) is 4.23. The summed E-state index contributed by atoms with van der Waals surface area (Å²) in [4.78, 5) is 0. The number of epoxide rings is 1. The van der Waals surface area contributed by atoms with Gasteiger partial charge in [0.15, 0.2) is 11.6 Å². The Morgan fingerprint density at radius 2 is 2.10 bits per heavy atom. The quantitative estimate of drug-likeness (QED) is 0.537. The smallest absolute Gasteiger partial charge is 0.166 e. The maximum absolute atomic E-state index is 14.2. The number of rotatable bonds is 5. The van der Waals surface area contributed by atoms with Gasteiger partial charge in [-0.3, -0.25) is 0 Å². The molecule has 0 aromatic heterocycles. The van der Waals surface area contributed by atoms with Gasteiger partial charge in [0, 0.05) is 11.1 Å². The minimum atomic E-state index is -0.746. The highest BCUT2D eigenvalue weighted by molar-refractivity contribution is 5.67. The fourth-order valence-corrected chi connectivity index (χ4v) is 3.04. The van der Waals surface area contributed by atoms with Crippen molar-refractivity contribution in [2.24, 2.45) is 5.92 Å². The van der Waals surface area contributed by atoms with Crippen molar-refractivity contribution >= 4 is 5.57 Å². The van der Waals surface area contributed by atoms with E-state index >= 15 is 0 Å². The molecule has 2 atom stereocenters. The lowest BCUT2D eigenvalue weighted by molar-refractivity contribution is 0.401. The van der Waals surface area contributed by atoms with Crippen molar-refractivity contribution in [1.82, 2.24) is 0 Å². The third-order valence-corrected chi connectivity index (χ3v) is 4.44. The molecule has 1 aliphatic heterocycles. The molecule has 2 unspecified atom stereocenters. The van der Waals surface area contributed by atoms with Gasteiger partial charge in [0.2, 0.25) is 0 Å². The molecule has 0 spiro atoms. The summed E-state index contributed by atoms with van der Waals surface area (Å²) in [5.41, 5.74) is 1.69. The first kappa shape index (κ1) is 14.5. The molecular formula is C18H20F2O. The number of ether oxygens (including phenoxy) is 1. The molecule has 0 saturated carbocycles. The zero-order valence-electron chi connectivity index (χ0n) is 12.1. The Kier molecular flexibility index (Phi) is 4.20. The van der Waals surface area contributed by atoms with Crippen LogP contribution in [0.15, 0.2) is 30.9 Å². The van der Waals surface area contributed by atoms with Crippen LogP contribution in [0.5, 0.6) is 0 Å². The molecule has 1 aliphatic carbocycles. The number of allylic oxidation sites excluding steroid dienone is 3. The molecule has 1 saturated heterocycles. The average molecular weight is 290 g/mol. The minimum Gasteiger partial charge on any atom is -0.368 e. The molecule has 3 heteroatoms. The van der Waals surface area contributed by atoms with E-state index in [-0.39, 0.29) is 6.10 Å². The Labute approximate surface area is 124 Å². The molecule has 21 heavy (non-hydrogen) atoms. The summed E-state index contributed by atoms with van der Waals surface area (Å²) in [5.74, 6) is -0.831. The first-order valence-electron chi connectivity index (χ1n) is 7.60. The topological polar surface area (TPSA) is 12.5 Å². The van der Waals surface area contributed by atoms with Crippen LogP contribution in [0, 0.1) is 17.6 Å². The van der Waals surface area contributed by atoms with Crippen molar-refractivity contribution < 1.29 is 13.5 Å². The predicted octanol–water partition coefficient (Wildman–Crippen LogP) is 5.19. The Bertz CT molecular complexity index is 573. The van der Waals surface area contributed by atoms with Crippen molar-refractivity contribution in [2.45, 2.75) is 38.2 Å². The molecule has 1 fully saturated rings. The summed E-state index contributed by atoms with van der Waals surface area (Å²) in [7, 11) is 0. The molecule has 0 radical (unpaired) electrons. The predicted molar refractivity (Wildman–Crippen MR) is 79.8 cm³/mol. The summed E-state index contributed by atoms with van der Waals surface area (Å²) >= 11 is 0. The lowest BCUT2D eigenvalue weighted by atomic mass is 9.84. The molecule has 1 heterocycles. The summed E-state index contributed by atoms with van der Waals surface area (Å²) in [6.07, 6.45) is 8.70. The maximum atomic E-state index is 14.2. The van der Waals surface area contributed by atoms with E-state index < -0.39 is 11.6 Å². The second kappa shape index (κ2) is 6.10. The molecule has 1 aromatic carbocycles. The van der Waals surface area contributed by atoms with Gasteiger partial charge in [0.25, 0.3) is 0 Å². The molecule has 3 rings (SSSR count). The highest BCUT2D eigenvalue weighted by atomic mass is 19.2. The van der Waals surface area contributed by atoms with Crippen LogP contribution in [0.2, 0.25) is 0 Å². The number of hydrogen-bond donors (Lipinski definition) is 0. The van der Waals surface area contributed by atoms with E-state index in [1.807, 2.05) is 6.08 Å². The normalized spacial score (nSPS) is 24.6. The van der Waals surface area contributed by atoms with Crippen LogP contribution in [-0.2, 0) is 4.74 Å².